The first kappa shape index (κ1) is 20.9. The third-order valence-corrected chi connectivity index (χ3v) is 7.80. The van der Waals surface area contributed by atoms with Crippen molar-refractivity contribution in [3.05, 3.63) is 64.7 Å². The van der Waals surface area contributed by atoms with Gasteiger partial charge in [-0.1, -0.05) is 36.8 Å². The van der Waals surface area contributed by atoms with Crippen LogP contribution in [0.2, 0.25) is 0 Å². The molecule has 6 heteroatoms. The summed E-state index contributed by atoms with van der Waals surface area (Å²) >= 11 is 0. The van der Waals surface area contributed by atoms with E-state index in [2.05, 4.69) is 5.32 Å². The Hall–Kier alpha value is -2.34. The van der Waals surface area contributed by atoms with E-state index in [1.165, 1.54) is 29.8 Å². The van der Waals surface area contributed by atoms with E-state index in [1.807, 2.05) is 44.2 Å². The van der Waals surface area contributed by atoms with Gasteiger partial charge in [0.05, 0.1) is 18.5 Å². The minimum atomic E-state index is -3.45. The fraction of sp³-hybridized carbons (Fsp3) is 0.458. The quantitative estimate of drug-likeness (QED) is 0.753. The molecule has 0 spiro atoms. The molecule has 2 aromatic rings. The molecule has 160 valence electrons. The lowest BCUT2D eigenvalue weighted by molar-refractivity contribution is 0.0923. The maximum absolute atomic E-state index is 12.7. The second kappa shape index (κ2) is 8.06. The van der Waals surface area contributed by atoms with Crippen molar-refractivity contribution in [1.29, 1.82) is 0 Å². The first-order chi connectivity index (χ1) is 14.2. The molecule has 2 fully saturated rings. The number of fused-ring (bicyclic) bond motifs is 2. The van der Waals surface area contributed by atoms with E-state index in [9.17, 15) is 13.2 Å². The first-order valence-electron chi connectivity index (χ1n) is 10.7. The fourth-order valence-electron chi connectivity index (χ4n) is 5.16. The van der Waals surface area contributed by atoms with Crippen LogP contribution in [0, 0.1) is 25.7 Å². The Labute approximate surface area is 179 Å². The standard InChI is InChI=1S/C24H30N2O3S/c1-16-5-4-6-17(2)23(16)26(30(3,28)29)15-18-7-10-20(11-8-18)24(27)25-22-14-19-9-12-21(22)13-19/h4-8,10-11,19,21-22H,9,12-15H2,1-3H3,(H,25,27)/t19-,21-,22-/m0/s1. The molecule has 2 bridgehead atoms. The van der Waals surface area contributed by atoms with Gasteiger partial charge in [-0.05, 0) is 73.8 Å². The summed E-state index contributed by atoms with van der Waals surface area (Å²) in [6.07, 6.45) is 6.13. The number of anilines is 1. The number of nitrogens with zero attached hydrogens (tertiary/aromatic N) is 1. The smallest absolute Gasteiger partial charge is 0.251 e. The number of aryl methyl sites for hydroxylation is 2. The molecule has 0 radical (unpaired) electrons. The normalized spacial score (nSPS) is 22.8. The number of para-hydroxylation sites is 1. The van der Waals surface area contributed by atoms with Crippen molar-refractivity contribution >= 4 is 21.6 Å². The second-order valence-corrected chi connectivity index (χ2v) is 10.9. The molecule has 0 heterocycles. The van der Waals surface area contributed by atoms with Crippen molar-refractivity contribution in [3.63, 3.8) is 0 Å². The molecule has 2 saturated carbocycles. The van der Waals surface area contributed by atoms with E-state index in [4.69, 9.17) is 0 Å². The molecule has 4 rings (SSSR count). The summed E-state index contributed by atoms with van der Waals surface area (Å²) in [5.74, 6) is 1.39. The van der Waals surface area contributed by atoms with Crippen molar-refractivity contribution in [3.8, 4) is 0 Å². The Morgan fingerprint density at radius 1 is 1.03 bits per heavy atom. The van der Waals surface area contributed by atoms with Crippen molar-refractivity contribution in [2.24, 2.45) is 11.8 Å². The summed E-state index contributed by atoms with van der Waals surface area (Å²) in [5, 5.41) is 3.21. The molecular weight excluding hydrogens is 396 g/mol. The first-order valence-corrected chi connectivity index (χ1v) is 12.5. The van der Waals surface area contributed by atoms with Gasteiger partial charge in [-0.25, -0.2) is 8.42 Å². The van der Waals surface area contributed by atoms with Gasteiger partial charge in [0, 0.05) is 11.6 Å². The van der Waals surface area contributed by atoms with E-state index in [0.717, 1.165) is 34.7 Å². The maximum Gasteiger partial charge on any atom is 0.251 e. The van der Waals surface area contributed by atoms with Crippen LogP contribution in [0.25, 0.3) is 0 Å². The summed E-state index contributed by atoms with van der Waals surface area (Å²) < 4.78 is 26.5. The summed E-state index contributed by atoms with van der Waals surface area (Å²) in [4.78, 5) is 12.7. The Kier molecular flexibility index (Phi) is 5.62. The van der Waals surface area contributed by atoms with Gasteiger partial charge < -0.3 is 5.32 Å². The van der Waals surface area contributed by atoms with Crippen LogP contribution in [0.5, 0.6) is 0 Å². The molecule has 2 aromatic carbocycles. The van der Waals surface area contributed by atoms with Gasteiger partial charge in [0.15, 0.2) is 0 Å². The van der Waals surface area contributed by atoms with E-state index >= 15 is 0 Å². The van der Waals surface area contributed by atoms with Gasteiger partial charge in [-0.3, -0.25) is 9.10 Å². The Balaban J connectivity index is 1.49. The average Bonchev–Trinajstić information content (AvgIpc) is 3.30. The van der Waals surface area contributed by atoms with Crippen LogP contribution < -0.4 is 9.62 Å². The van der Waals surface area contributed by atoms with Crippen LogP contribution in [-0.2, 0) is 16.6 Å². The lowest BCUT2D eigenvalue weighted by Gasteiger charge is -2.26. The fourth-order valence-corrected chi connectivity index (χ4v) is 6.16. The van der Waals surface area contributed by atoms with Crippen LogP contribution in [0.15, 0.2) is 42.5 Å². The number of carbonyl (C=O) groups is 1. The predicted molar refractivity (Wildman–Crippen MR) is 120 cm³/mol. The van der Waals surface area contributed by atoms with Gasteiger partial charge >= 0.3 is 0 Å². The highest BCUT2D eigenvalue weighted by Gasteiger charge is 2.40. The van der Waals surface area contributed by atoms with Gasteiger partial charge in [-0.2, -0.15) is 0 Å². The van der Waals surface area contributed by atoms with Crippen molar-refractivity contribution < 1.29 is 13.2 Å². The number of amides is 1. The predicted octanol–water partition coefficient (Wildman–Crippen LogP) is 4.19. The monoisotopic (exact) mass is 426 g/mol. The number of sulfonamides is 1. The largest absolute Gasteiger partial charge is 0.349 e. The zero-order chi connectivity index (χ0) is 21.5. The lowest BCUT2D eigenvalue weighted by Crippen LogP contribution is -2.38. The molecule has 30 heavy (non-hydrogen) atoms. The molecule has 0 saturated heterocycles. The van der Waals surface area contributed by atoms with E-state index in [0.29, 0.717) is 17.5 Å². The van der Waals surface area contributed by atoms with E-state index in [1.54, 1.807) is 12.1 Å². The summed E-state index contributed by atoms with van der Waals surface area (Å²) in [5.41, 5.74) is 4.03. The third-order valence-electron chi connectivity index (χ3n) is 6.69. The van der Waals surface area contributed by atoms with E-state index in [-0.39, 0.29) is 12.5 Å². The molecule has 1 amide bonds. The molecule has 5 nitrogen and oxygen atoms in total. The third kappa shape index (κ3) is 4.24. The minimum Gasteiger partial charge on any atom is -0.349 e. The summed E-state index contributed by atoms with van der Waals surface area (Å²) in [6, 6.07) is 13.4. The second-order valence-electron chi connectivity index (χ2n) is 8.96. The number of hydrogen-bond donors (Lipinski definition) is 1. The van der Waals surface area contributed by atoms with E-state index < -0.39 is 10.0 Å². The van der Waals surface area contributed by atoms with Crippen molar-refractivity contribution in [1.82, 2.24) is 5.32 Å². The van der Waals surface area contributed by atoms with Crippen LogP contribution in [0.1, 0.15) is 52.7 Å². The lowest BCUT2D eigenvalue weighted by atomic mass is 9.95. The SMILES string of the molecule is Cc1cccc(C)c1N(Cc1ccc(C(=O)N[C@H]2C[C@H]3CC[C@H]2C3)cc1)S(C)(=O)=O. The topological polar surface area (TPSA) is 66.5 Å². The number of hydrogen-bond acceptors (Lipinski definition) is 3. The van der Waals surface area contributed by atoms with Gasteiger partial charge in [0.25, 0.3) is 5.91 Å². The highest BCUT2D eigenvalue weighted by Crippen LogP contribution is 2.44. The summed E-state index contributed by atoms with van der Waals surface area (Å²) in [6.45, 7) is 4.08. The summed E-state index contributed by atoms with van der Waals surface area (Å²) in [7, 11) is -3.45. The molecule has 2 aliphatic rings. The maximum atomic E-state index is 12.7. The molecule has 1 N–H and O–H groups in total. The number of rotatable bonds is 6. The van der Waals surface area contributed by atoms with Gasteiger partial charge in [0.1, 0.15) is 0 Å². The highest BCUT2D eigenvalue weighted by molar-refractivity contribution is 7.92. The molecule has 0 unspecified atom stereocenters. The molecule has 0 aromatic heterocycles. The van der Waals surface area contributed by atoms with Crippen LogP contribution >= 0.6 is 0 Å². The van der Waals surface area contributed by atoms with Gasteiger partial charge in [0.2, 0.25) is 10.0 Å². The number of nitrogens with one attached hydrogen (secondary N) is 1. The van der Waals surface area contributed by atoms with Crippen LogP contribution in [0.3, 0.4) is 0 Å². The van der Waals surface area contributed by atoms with Crippen LogP contribution in [0.4, 0.5) is 5.69 Å². The average molecular weight is 427 g/mol. The molecule has 0 aliphatic heterocycles. The highest BCUT2D eigenvalue weighted by atomic mass is 32.2. The zero-order valence-corrected chi connectivity index (χ0v) is 18.7. The van der Waals surface area contributed by atoms with Crippen LogP contribution in [-0.4, -0.2) is 26.6 Å². The minimum absolute atomic E-state index is 0.0335. The Morgan fingerprint density at radius 3 is 2.23 bits per heavy atom. The van der Waals surface area contributed by atoms with Crippen molar-refractivity contribution in [2.75, 3.05) is 10.6 Å². The molecular formula is C24H30N2O3S. The molecule has 2 aliphatic carbocycles. The zero-order valence-electron chi connectivity index (χ0n) is 17.9. The molecule has 3 atom stereocenters. The Bertz CT molecular complexity index is 1030. The van der Waals surface area contributed by atoms with Crippen molar-refractivity contribution in [2.45, 2.75) is 52.1 Å². The van der Waals surface area contributed by atoms with Gasteiger partial charge in [-0.15, -0.1) is 0 Å². The number of benzene rings is 2. The number of carbonyl (C=O) groups excluding carboxylic acids is 1. The Morgan fingerprint density at radius 2 is 1.70 bits per heavy atom.